The van der Waals surface area contributed by atoms with Crippen LogP contribution in [0.1, 0.15) is 32.4 Å². The zero-order chi connectivity index (χ0) is 24.5. The molecule has 0 saturated carbocycles. The van der Waals surface area contributed by atoms with Gasteiger partial charge in [-0.05, 0) is 31.4 Å². The third kappa shape index (κ3) is 7.77. The van der Waals surface area contributed by atoms with E-state index in [-0.39, 0.29) is 49.5 Å². The summed E-state index contributed by atoms with van der Waals surface area (Å²) in [5, 5.41) is 14.2. The number of rotatable bonds is 3. The Morgan fingerprint density at radius 3 is 2.94 bits per heavy atom. The van der Waals surface area contributed by atoms with Crippen molar-refractivity contribution in [3.63, 3.8) is 0 Å². The Morgan fingerprint density at radius 1 is 1.35 bits per heavy atom. The summed E-state index contributed by atoms with van der Waals surface area (Å²) < 4.78 is 27.1. The maximum absolute atomic E-state index is 13.9. The van der Waals surface area contributed by atoms with Gasteiger partial charge in [0.15, 0.2) is 0 Å². The summed E-state index contributed by atoms with van der Waals surface area (Å²) in [5.41, 5.74) is 0.777. The maximum Gasteiger partial charge on any atom is 0.321 e. The molecule has 0 spiro atoms. The number of likely N-dealkylation sites (N-methyl/N-ethyl adjacent to an activating group) is 1. The molecule has 0 saturated heterocycles. The number of amides is 2. The first-order valence-electron chi connectivity index (χ1n) is 11.5. The summed E-state index contributed by atoms with van der Waals surface area (Å²) in [6.07, 6.45) is 2.37. The lowest BCUT2D eigenvalue weighted by Gasteiger charge is -2.30. The standard InChI is InChI=1S/C23H33FN6O4/c1-16-11-25-17(2)14-34-22(31)9-6-10-30-12-18(27-28-30)15-33-21(16)13-29(3)23(32)26-20-8-5-4-7-19(20)24/h4-5,7-8,12,16-17,21,25H,6,9-11,13-15H2,1-3H3,(H,26,32)/t16-,17+,21-/m1/s1. The molecule has 10 nitrogen and oxygen atoms in total. The highest BCUT2D eigenvalue weighted by Gasteiger charge is 2.24. The van der Waals surface area contributed by atoms with Crippen molar-refractivity contribution in [3.8, 4) is 0 Å². The van der Waals surface area contributed by atoms with Crippen molar-refractivity contribution < 1.29 is 23.5 Å². The Labute approximate surface area is 198 Å². The lowest BCUT2D eigenvalue weighted by atomic mass is 10.0. The predicted molar refractivity (Wildman–Crippen MR) is 123 cm³/mol. The number of benzene rings is 1. The second-order valence-electron chi connectivity index (χ2n) is 8.69. The minimum Gasteiger partial charge on any atom is -0.464 e. The Kier molecular flexibility index (Phi) is 9.34. The van der Waals surface area contributed by atoms with Crippen LogP contribution in [0.2, 0.25) is 0 Å². The van der Waals surface area contributed by atoms with Crippen LogP contribution in [0.25, 0.3) is 0 Å². The van der Waals surface area contributed by atoms with Gasteiger partial charge in [-0.25, -0.2) is 9.18 Å². The molecular formula is C23H33FN6O4. The maximum atomic E-state index is 13.9. The number of para-hydroxylation sites is 1. The molecule has 3 rings (SSSR count). The van der Waals surface area contributed by atoms with Crippen LogP contribution in [-0.4, -0.2) is 70.8 Å². The molecule has 0 fully saturated rings. The number of anilines is 1. The number of carbonyl (C=O) groups is 2. The van der Waals surface area contributed by atoms with Gasteiger partial charge >= 0.3 is 12.0 Å². The summed E-state index contributed by atoms with van der Waals surface area (Å²) >= 11 is 0. The number of aromatic nitrogens is 3. The third-order valence-corrected chi connectivity index (χ3v) is 5.63. The van der Waals surface area contributed by atoms with E-state index in [0.717, 1.165) is 0 Å². The van der Waals surface area contributed by atoms with Crippen LogP contribution in [0, 0.1) is 11.7 Å². The van der Waals surface area contributed by atoms with E-state index in [4.69, 9.17) is 9.47 Å². The summed E-state index contributed by atoms with van der Waals surface area (Å²) in [4.78, 5) is 26.1. The minimum absolute atomic E-state index is 0.00446. The number of halogens is 1. The first-order valence-corrected chi connectivity index (χ1v) is 11.5. The molecule has 11 heteroatoms. The van der Waals surface area contributed by atoms with Crippen LogP contribution < -0.4 is 10.6 Å². The van der Waals surface area contributed by atoms with Crippen molar-refractivity contribution >= 4 is 17.7 Å². The number of hydrogen-bond donors (Lipinski definition) is 2. The van der Waals surface area contributed by atoms with E-state index < -0.39 is 11.8 Å². The molecule has 0 radical (unpaired) electrons. The monoisotopic (exact) mass is 476 g/mol. The molecule has 1 aromatic carbocycles. The second-order valence-corrected chi connectivity index (χ2v) is 8.69. The van der Waals surface area contributed by atoms with Crippen LogP contribution in [0.4, 0.5) is 14.9 Å². The van der Waals surface area contributed by atoms with E-state index in [9.17, 15) is 14.0 Å². The molecule has 0 unspecified atom stereocenters. The van der Waals surface area contributed by atoms with E-state index in [0.29, 0.717) is 31.6 Å². The van der Waals surface area contributed by atoms with Gasteiger partial charge in [-0.1, -0.05) is 24.3 Å². The number of fused-ring (bicyclic) bond motifs is 2. The molecule has 2 amide bonds. The van der Waals surface area contributed by atoms with Gasteiger partial charge in [-0.15, -0.1) is 5.10 Å². The fourth-order valence-corrected chi connectivity index (χ4v) is 3.48. The Morgan fingerprint density at radius 2 is 2.15 bits per heavy atom. The van der Waals surface area contributed by atoms with Crippen LogP contribution >= 0.6 is 0 Å². The molecule has 2 N–H and O–H groups in total. The van der Waals surface area contributed by atoms with Crippen molar-refractivity contribution in [1.29, 1.82) is 0 Å². The largest absolute Gasteiger partial charge is 0.464 e. The SMILES string of the molecule is C[C@@H]1CN[C@@H](C)COC(=O)CCCn2cc(nn2)CO[C@@H]1CN(C)C(=O)Nc1ccccc1F. The lowest BCUT2D eigenvalue weighted by molar-refractivity contribution is -0.144. The summed E-state index contributed by atoms with van der Waals surface area (Å²) in [6.45, 7) is 5.87. The van der Waals surface area contributed by atoms with Gasteiger partial charge in [-0.3, -0.25) is 9.48 Å². The predicted octanol–water partition coefficient (Wildman–Crippen LogP) is 2.42. The molecule has 1 aliphatic rings. The van der Waals surface area contributed by atoms with E-state index >= 15 is 0 Å². The number of carbonyl (C=O) groups excluding carboxylic acids is 2. The lowest BCUT2D eigenvalue weighted by Crippen LogP contribution is -2.44. The number of nitrogens with one attached hydrogen (secondary N) is 2. The molecule has 186 valence electrons. The van der Waals surface area contributed by atoms with Crippen molar-refractivity contribution in [2.75, 3.05) is 32.1 Å². The highest BCUT2D eigenvalue weighted by Crippen LogP contribution is 2.15. The third-order valence-electron chi connectivity index (χ3n) is 5.63. The van der Waals surface area contributed by atoms with Crippen LogP contribution in [0.3, 0.4) is 0 Å². The number of aryl methyl sites for hydroxylation is 1. The van der Waals surface area contributed by atoms with E-state index in [2.05, 4.69) is 20.9 Å². The zero-order valence-electron chi connectivity index (χ0n) is 19.9. The normalized spacial score (nSPS) is 22.6. The van der Waals surface area contributed by atoms with Crippen LogP contribution in [0.15, 0.2) is 30.5 Å². The molecule has 34 heavy (non-hydrogen) atoms. The molecule has 1 aliphatic heterocycles. The average Bonchev–Trinajstić information content (AvgIpc) is 3.27. The van der Waals surface area contributed by atoms with E-state index in [1.54, 1.807) is 30.1 Å². The molecular weight excluding hydrogens is 443 g/mol. The Bertz CT molecular complexity index is 955. The van der Waals surface area contributed by atoms with Crippen molar-refractivity contribution in [1.82, 2.24) is 25.2 Å². The van der Waals surface area contributed by atoms with Crippen LogP contribution in [-0.2, 0) is 27.4 Å². The fourth-order valence-electron chi connectivity index (χ4n) is 3.48. The van der Waals surface area contributed by atoms with Crippen molar-refractivity contribution in [2.45, 2.75) is 52.0 Å². The number of esters is 1. The Hall–Kier alpha value is -3.05. The van der Waals surface area contributed by atoms with Crippen LogP contribution in [0.5, 0.6) is 0 Å². The minimum atomic E-state index is -0.499. The van der Waals surface area contributed by atoms with Gasteiger partial charge in [0.1, 0.15) is 18.1 Å². The van der Waals surface area contributed by atoms with Gasteiger partial charge in [0.25, 0.3) is 0 Å². The highest BCUT2D eigenvalue weighted by molar-refractivity contribution is 5.89. The summed E-state index contributed by atoms with van der Waals surface area (Å²) in [7, 11) is 1.64. The number of hydrogen-bond acceptors (Lipinski definition) is 7. The van der Waals surface area contributed by atoms with Crippen molar-refractivity contribution in [2.24, 2.45) is 5.92 Å². The molecule has 2 aromatic rings. The number of nitrogens with zero attached hydrogens (tertiary/aromatic N) is 4. The first kappa shape index (κ1) is 25.6. The van der Waals surface area contributed by atoms with Gasteiger partial charge in [0.2, 0.25) is 0 Å². The zero-order valence-corrected chi connectivity index (χ0v) is 19.9. The quantitative estimate of drug-likeness (QED) is 0.655. The average molecular weight is 477 g/mol. The molecule has 1 aromatic heterocycles. The van der Waals surface area contributed by atoms with E-state index in [1.165, 1.54) is 17.0 Å². The van der Waals surface area contributed by atoms with Gasteiger partial charge in [0.05, 0.1) is 24.6 Å². The molecule has 0 aliphatic carbocycles. The first-order chi connectivity index (χ1) is 16.3. The van der Waals surface area contributed by atoms with Gasteiger partial charge < -0.3 is 25.0 Å². The smallest absolute Gasteiger partial charge is 0.321 e. The van der Waals surface area contributed by atoms with Crippen molar-refractivity contribution in [3.05, 3.63) is 42.0 Å². The number of cyclic esters (lactones) is 1. The second kappa shape index (κ2) is 12.4. The molecule has 3 atom stereocenters. The van der Waals surface area contributed by atoms with Gasteiger partial charge in [-0.2, -0.15) is 0 Å². The topological polar surface area (TPSA) is 111 Å². The number of urea groups is 1. The van der Waals surface area contributed by atoms with E-state index in [1.807, 2.05) is 13.8 Å². The highest BCUT2D eigenvalue weighted by atomic mass is 19.1. The molecule has 2 bridgehead atoms. The molecule has 2 heterocycles. The summed E-state index contributed by atoms with van der Waals surface area (Å²) in [5.74, 6) is -0.733. The van der Waals surface area contributed by atoms with Gasteiger partial charge in [0, 0.05) is 39.1 Å². The number of ether oxygens (including phenoxy) is 2. The summed E-state index contributed by atoms with van der Waals surface area (Å²) in [6, 6.07) is 5.55. The Balaban J connectivity index is 1.67. The fraction of sp³-hybridized carbons (Fsp3) is 0.565.